The molecule has 0 saturated heterocycles. The van der Waals surface area contributed by atoms with E-state index < -0.39 is 4.92 Å². The number of ether oxygens (including phenoxy) is 1. The fraction of sp³-hybridized carbons (Fsp3) is 0.0870. The molecule has 6 nitrogen and oxygen atoms in total. The Hall–Kier alpha value is -3.93. The number of nitro groups is 1. The smallest absolute Gasteiger partial charge is 0.344 e. The number of nitrogens with zero attached hydrogens (tertiary/aromatic N) is 1. The van der Waals surface area contributed by atoms with Gasteiger partial charge in [0.1, 0.15) is 17.9 Å². The van der Waals surface area contributed by atoms with Gasteiger partial charge in [-0.15, -0.1) is 0 Å². The Balaban J connectivity index is 1.65. The van der Waals surface area contributed by atoms with E-state index in [1.807, 2.05) is 43.3 Å². The zero-order valence-electron chi connectivity index (χ0n) is 15.6. The summed E-state index contributed by atoms with van der Waals surface area (Å²) in [4.78, 5) is 22.8. The number of aryl methyl sites for hydroxylation is 1. The van der Waals surface area contributed by atoms with Gasteiger partial charge < -0.3 is 9.15 Å². The van der Waals surface area contributed by atoms with Gasteiger partial charge in [-0.25, -0.2) is 4.79 Å². The van der Waals surface area contributed by atoms with Crippen molar-refractivity contribution in [2.24, 2.45) is 0 Å². The van der Waals surface area contributed by atoms with Crippen LogP contribution < -0.4 is 10.4 Å². The standard InChI is InChI=1S/C23H17NO5/c1-15-20-13-19(28-14-16-7-9-18(10-8-16)24(26)27)11-12-21(20)29-23(25)22(15)17-5-3-2-4-6-17/h2-13H,14H2,1H3. The molecule has 0 N–H and O–H groups in total. The average Bonchev–Trinajstić information content (AvgIpc) is 2.73. The van der Waals surface area contributed by atoms with Crippen LogP contribution in [0.25, 0.3) is 22.1 Å². The highest BCUT2D eigenvalue weighted by Crippen LogP contribution is 2.29. The minimum Gasteiger partial charge on any atom is -0.489 e. The van der Waals surface area contributed by atoms with Gasteiger partial charge in [0, 0.05) is 17.5 Å². The zero-order chi connectivity index (χ0) is 20.4. The monoisotopic (exact) mass is 387 g/mol. The van der Waals surface area contributed by atoms with Crippen molar-refractivity contribution in [3.8, 4) is 16.9 Å². The highest BCUT2D eigenvalue weighted by Gasteiger charge is 2.14. The highest BCUT2D eigenvalue weighted by molar-refractivity contribution is 5.87. The van der Waals surface area contributed by atoms with Crippen LogP contribution in [-0.2, 0) is 6.61 Å². The highest BCUT2D eigenvalue weighted by atomic mass is 16.6. The molecule has 1 heterocycles. The van der Waals surface area contributed by atoms with Gasteiger partial charge >= 0.3 is 5.63 Å². The summed E-state index contributed by atoms with van der Waals surface area (Å²) in [5.41, 5.74) is 3.14. The molecule has 0 aliphatic rings. The number of non-ortho nitro benzene ring substituents is 1. The number of hydrogen-bond donors (Lipinski definition) is 0. The topological polar surface area (TPSA) is 82.6 Å². The first-order valence-electron chi connectivity index (χ1n) is 9.02. The summed E-state index contributed by atoms with van der Waals surface area (Å²) in [6.45, 7) is 2.16. The predicted molar refractivity (Wildman–Crippen MR) is 110 cm³/mol. The summed E-state index contributed by atoms with van der Waals surface area (Å²) in [6.07, 6.45) is 0. The third kappa shape index (κ3) is 3.73. The maximum absolute atomic E-state index is 12.5. The Kier molecular flexibility index (Phi) is 4.83. The summed E-state index contributed by atoms with van der Waals surface area (Å²) in [5, 5.41) is 11.5. The molecular weight excluding hydrogens is 370 g/mol. The Morgan fingerprint density at radius 3 is 2.41 bits per heavy atom. The summed E-state index contributed by atoms with van der Waals surface area (Å²) in [6, 6.07) is 20.9. The Morgan fingerprint density at radius 2 is 1.72 bits per heavy atom. The van der Waals surface area contributed by atoms with Gasteiger partial charge in [0.25, 0.3) is 5.69 Å². The van der Waals surface area contributed by atoms with Crippen LogP contribution in [0.4, 0.5) is 5.69 Å². The second-order valence-corrected chi connectivity index (χ2v) is 6.63. The largest absolute Gasteiger partial charge is 0.489 e. The molecule has 144 valence electrons. The lowest BCUT2D eigenvalue weighted by molar-refractivity contribution is -0.384. The van der Waals surface area contributed by atoms with Gasteiger partial charge in [0.05, 0.1) is 10.5 Å². The Labute approximate surface area is 166 Å². The van der Waals surface area contributed by atoms with E-state index >= 15 is 0 Å². The molecule has 0 atom stereocenters. The van der Waals surface area contributed by atoms with Crippen LogP contribution in [0.2, 0.25) is 0 Å². The van der Waals surface area contributed by atoms with Crippen LogP contribution in [0.15, 0.2) is 82.0 Å². The molecule has 29 heavy (non-hydrogen) atoms. The van der Waals surface area contributed by atoms with Crippen LogP contribution in [-0.4, -0.2) is 4.92 Å². The van der Waals surface area contributed by atoms with Gasteiger partial charge in [-0.2, -0.15) is 0 Å². The molecule has 0 radical (unpaired) electrons. The minimum absolute atomic E-state index is 0.0403. The SMILES string of the molecule is Cc1c(-c2ccccc2)c(=O)oc2ccc(OCc3ccc([N+](=O)[O-])cc3)cc12. The Bertz CT molecular complexity index is 1240. The summed E-state index contributed by atoms with van der Waals surface area (Å²) < 4.78 is 11.3. The van der Waals surface area contributed by atoms with Crippen molar-refractivity contribution in [3.05, 3.63) is 104 Å². The van der Waals surface area contributed by atoms with E-state index in [2.05, 4.69) is 0 Å². The van der Waals surface area contributed by atoms with E-state index in [1.54, 1.807) is 24.3 Å². The number of benzene rings is 3. The first kappa shape index (κ1) is 18.4. The lowest BCUT2D eigenvalue weighted by Crippen LogP contribution is -2.06. The van der Waals surface area contributed by atoms with Crippen molar-refractivity contribution in [2.75, 3.05) is 0 Å². The molecule has 0 spiro atoms. The maximum Gasteiger partial charge on any atom is 0.344 e. The normalized spacial score (nSPS) is 10.8. The fourth-order valence-corrected chi connectivity index (χ4v) is 3.24. The summed E-state index contributed by atoms with van der Waals surface area (Å²) in [7, 11) is 0. The molecule has 0 unspecified atom stereocenters. The van der Waals surface area contributed by atoms with Crippen LogP contribution >= 0.6 is 0 Å². The molecule has 0 aliphatic heterocycles. The van der Waals surface area contributed by atoms with E-state index in [1.165, 1.54) is 12.1 Å². The quantitative estimate of drug-likeness (QED) is 0.265. The van der Waals surface area contributed by atoms with E-state index in [9.17, 15) is 14.9 Å². The molecular formula is C23H17NO5. The van der Waals surface area contributed by atoms with E-state index in [0.29, 0.717) is 16.9 Å². The van der Waals surface area contributed by atoms with Crippen LogP contribution in [0, 0.1) is 17.0 Å². The number of hydrogen-bond acceptors (Lipinski definition) is 5. The van der Waals surface area contributed by atoms with Crippen molar-refractivity contribution < 1.29 is 14.1 Å². The van der Waals surface area contributed by atoms with Crippen molar-refractivity contribution >= 4 is 16.7 Å². The van der Waals surface area contributed by atoms with E-state index in [-0.39, 0.29) is 17.9 Å². The lowest BCUT2D eigenvalue weighted by Gasteiger charge is -2.11. The van der Waals surface area contributed by atoms with Crippen LogP contribution in [0.5, 0.6) is 5.75 Å². The number of fused-ring (bicyclic) bond motifs is 1. The lowest BCUT2D eigenvalue weighted by atomic mass is 9.99. The third-order valence-corrected chi connectivity index (χ3v) is 4.75. The number of nitro benzene ring substituents is 1. The van der Waals surface area contributed by atoms with Gasteiger partial charge in [0.15, 0.2) is 0 Å². The van der Waals surface area contributed by atoms with Gasteiger partial charge in [-0.3, -0.25) is 10.1 Å². The van der Waals surface area contributed by atoms with E-state index in [0.717, 1.165) is 22.1 Å². The van der Waals surface area contributed by atoms with Gasteiger partial charge in [-0.1, -0.05) is 30.3 Å². The molecule has 3 aromatic carbocycles. The van der Waals surface area contributed by atoms with Crippen LogP contribution in [0.1, 0.15) is 11.1 Å². The van der Waals surface area contributed by atoms with Crippen molar-refractivity contribution in [2.45, 2.75) is 13.5 Å². The summed E-state index contributed by atoms with van der Waals surface area (Å²) >= 11 is 0. The van der Waals surface area contributed by atoms with Crippen molar-refractivity contribution in [1.29, 1.82) is 0 Å². The zero-order valence-corrected chi connectivity index (χ0v) is 15.6. The predicted octanol–water partition coefficient (Wildman–Crippen LogP) is 5.26. The molecule has 0 aliphatic carbocycles. The molecule has 4 rings (SSSR count). The van der Waals surface area contributed by atoms with Gasteiger partial charge in [0.2, 0.25) is 0 Å². The molecule has 0 amide bonds. The first-order valence-corrected chi connectivity index (χ1v) is 9.02. The second-order valence-electron chi connectivity index (χ2n) is 6.63. The van der Waals surface area contributed by atoms with Crippen LogP contribution in [0.3, 0.4) is 0 Å². The second kappa shape index (κ2) is 7.59. The first-order chi connectivity index (χ1) is 14.0. The molecule has 0 saturated carbocycles. The molecule has 0 bridgehead atoms. The summed E-state index contributed by atoms with van der Waals surface area (Å²) in [5.74, 6) is 0.617. The third-order valence-electron chi connectivity index (χ3n) is 4.75. The molecule has 1 aromatic heterocycles. The maximum atomic E-state index is 12.5. The number of rotatable bonds is 5. The van der Waals surface area contributed by atoms with Gasteiger partial charge in [-0.05, 0) is 53.9 Å². The molecule has 4 aromatic rings. The molecule has 0 fully saturated rings. The van der Waals surface area contributed by atoms with E-state index in [4.69, 9.17) is 9.15 Å². The molecule has 6 heteroatoms. The van der Waals surface area contributed by atoms with Crippen molar-refractivity contribution in [3.63, 3.8) is 0 Å². The Morgan fingerprint density at radius 1 is 1.00 bits per heavy atom. The average molecular weight is 387 g/mol. The fourth-order valence-electron chi connectivity index (χ4n) is 3.24. The van der Waals surface area contributed by atoms with Crippen molar-refractivity contribution in [1.82, 2.24) is 0 Å². The minimum atomic E-state index is -0.436.